The van der Waals surface area contributed by atoms with Crippen LogP contribution >= 0.6 is 0 Å². The summed E-state index contributed by atoms with van der Waals surface area (Å²) < 4.78 is 26.6. The van der Waals surface area contributed by atoms with E-state index >= 15 is 0 Å². The maximum atomic E-state index is 13.3. The predicted molar refractivity (Wildman–Crippen MR) is 155 cm³/mol. The number of anilines is 1. The van der Waals surface area contributed by atoms with Gasteiger partial charge in [0.1, 0.15) is 11.3 Å². The van der Waals surface area contributed by atoms with Crippen LogP contribution in [-0.4, -0.2) is 65.0 Å². The zero-order valence-corrected chi connectivity index (χ0v) is 24.2. The van der Waals surface area contributed by atoms with Crippen LogP contribution in [0.1, 0.15) is 48.8 Å². The molecule has 2 aromatic carbocycles. The van der Waals surface area contributed by atoms with E-state index in [9.17, 15) is 23.1 Å². The van der Waals surface area contributed by atoms with E-state index in [0.717, 1.165) is 54.8 Å². The standard InChI is InChI=1S/C29H35N5O6S/c1-17-12-18(2)25(19(3)13-17)41(38,39)24(27(36)37)16-30-26(35)23-14-29(40-34-23)10-8-20(9-11-29)15-31-28-32-21-6-4-5-7-22(21)33-28/h4-7,12-13,20,24H,8-11,14-16H2,1-3H3,(H,30,35)(H,36,37)(H2,31,32,33)/t20?,24-,29?/m0/s1. The summed E-state index contributed by atoms with van der Waals surface area (Å²) in [4.78, 5) is 38.5. The minimum absolute atomic E-state index is 0.0168. The van der Waals surface area contributed by atoms with Gasteiger partial charge in [-0.2, -0.15) is 0 Å². The van der Waals surface area contributed by atoms with Crippen LogP contribution in [0, 0.1) is 26.7 Å². The van der Waals surface area contributed by atoms with Gasteiger partial charge < -0.3 is 25.6 Å². The Hall–Kier alpha value is -3.93. The molecule has 11 nitrogen and oxygen atoms in total. The molecule has 3 aromatic rings. The molecule has 0 unspecified atom stereocenters. The average Bonchev–Trinajstić information content (AvgIpc) is 3.51. The van der Waals surface area contributed by atoms with E-state index in [2.05, 4.69) is 25.8 Å². The number of sulfone groups is 1. The topological polar surface area (TPSA) is 163 Å². The fourth-order valence-electron chi connectivity index (χ4n) is 5.97. The number of carboxylic acids is 1. The number of imidazole rings is 1. The number of amides is 1. The summed E-state index contributed by atoms with van der Waals surface area (Å²) in [5.41, 5.74) is 3.28. The molecule has 5 rings (SSSR count). The molecule has 0 bridgehead atoms. The lowest BCUT2D eigenvalue weighted by Crippen LogP contribution is -2.44. The lowest BCUT2D eigenvalue weighted by molar-refractivity contribution is -0.136. The summed E-state index contributed by atoms with van der Waals surface area (Å²) in [7, 11) is -4.26. The number of H-pyrrole nitrogens is 1. The Morgan fingerprint density at radius 1 is 1.15 bits per heavy atom. The lowest BCUT2D eigenvalue weighted by atomic mass is 9.76. The fourth-order valence-corrected chi connectivity index (χ4v) is 7.84. The second-order valence-electron chi connectivity index (χ2n) is 11.2. The minimum atomic E-state index is -4.26. The Bertz CT molecular complexity index is 1570. The van der Waals surface area contributed by atoms with Gasteiger partial charge in [0.15, 0.2) is 15.1 Å². The van der Waals surface area contributed by atoms with Gasteiger partial charge in [-0.3, -0.25) is 9.59 Å². The maximum Gasteiger partial charge on any atom is 0.324 e. The first-order valence-electron chi connectivity index (χ1n) is 13.7. The highest BCUT2D eigenvalue weighted by Gasteiger charge is 2.44. The van der Waals surface area contributed by atoms with E-state index in [1.165, 1.54) is 0 Å². The summed E-state index contributed by atoms with van der Waals surface area (Å²) in [5, 5.41) is 17.8. The van der Waals surface area contributed by atoms with Crippen molar-refractivity contribution in [2.75, 3.05) is 18.4 Å². The Labute approximate surface area is 238 Å². The van der Waals surface area contributed by atoms with Crippen molar-refractivity contribution in [2.45, 2.75) is 68.6 Å². The lowest BCUT2D eigenvalue weighted by Gasteiger charge is -2.34. The van der Waals surface area contributed by atoms with Crippen LogP contribution < -0.4 is 10.6 Å². The van der Waals surface area contributed by atoms with Crippen LogP contribution in [-0.2, 0) is 24.3 Å². The molecule has 1 spiro atoms. The second-order valence-corrected chi connectivity index (χ2v) is 13.3. The van der Waals surface area contributed by atoms with Gasteiger partial charge in [-0.05, 0) is 75.6 Å². The van der Waals surface area contributed by atoms with Gasteiger partial charge in [0.05, 0.1) is 15.9 Å². The summed E-state index contributed by atoms with van der Waals surface area (Å²) in [6.45, 7) is 5.30. The third kappa shape index (κ3) is 5.92. The largest absolute Gasteiger partial charge is 0.480 e. The van der Waals surface area contributed by atoms with Crippen LogP contribution in [0.2, 0.25) is 0 Å². The molecular weight excluding hydrogens is 546 g/mol. The van der Waals surface area contributed by atoms with Crippen LogP contribution in [0.15, 0.2) is 46.4 Å². The SMILES string of the molecule is Cc1cc(C)c(S(=O)(=O)[C@@H](CNC(=O)C2=NOC3(CCC(CNc4nc5ccccc5[nH]4)CC3)C2)C(=O)O)c(C)c1. The van der Waals surface area contributed by atoms with E-state index < -0.39 is 39.1 Å². The monoisotopic (exact) mass is 581 g/mol. The third-order valence-corrected chi connectivity index (χ3v) is 10.4. The highest BCUT2D eigenvalue weighted by Crippen LogP contribution is 2.40. The zero-order chi connectivity index (χ0) is 29.4. The molecule has 1 saturated carbocycles. The molecule has 1 amide bonds. The number of benzene rings is 2. The van der Waals surface area contributed by atoms with Gasteiger partial charge in [-0.15, -0.1) is 0 Å². The summed E-state index contributed by atoms with van der Waals surface area (Å²) in [6.07, 6.45) is 3.50. The number of fused-ring (bicyclic) bond motifs is 1. The second kappa shape index (κ2) is 11.2. The molecule has 218 valence electrons. The number of hydrogen-bond donors (Lipinski definition) is 4. The van der Waals surface area contributed by atoms with Gasteiger partial charge in [-0.1, -0.05) is 35.0 Å². The zero-order valence-electron chi connectivity index (χ0n) is 23.4. The number of rotatable bonds is 9. The number of nitrogens with one attached hydrogen (secondary N) is 3. The van der Waals surface area contributed by atoms with Crippen LogP contribution in [0.25, 0.3) is 11.0 Å². The maximum absolute atomic E-state index is 13.3. The molecule has 12 heteroatoms. The Morgan fingerprint density at radius 3 is 2.49 bits per heavy atom. The van der Waals surface area contributed by atoms with Gasteiger partial charge in [0, 0.05) is 19.5 Å². The van der Waals surface area contributed by atoms with Crippen molar-refractivity contribution >= 4 is 44.4 Å². The number of oxime groups is 1. The van der Waals surface area contributed by atoms with E-state index in [4.69, 9.17) is 4.84 Å². The first kappa shape index (κ1) is 28.6. The van der Waals surface area contributed by atoms with Crippen LogP contribution in [0.5, 0.6) is 0 Å². The number of carbonyl (C=O) groups is 2. The normalized spacial score (nSPS) is 21.3. The molecule has 2 aliphatic rings. The molecular formula is C29H35N5O6S. The number of hydrogen-bond acceptors (Lipinski definition) is 8. The number of para-hydroxylation sites is 2. The Kier molecular flexibility index (Phi) is 7.78. The predicted octanol–water partition coefficient (Wildman–Crippen LogP) is 3.65. The van der Waals surface area contributed by atoms with Crippen molar-refractivity contribution in [3.63, 3.8) is 0 Å². The molecule has 0 radical (unpaired) electrons. The number of carboxylic acid groups (broad SMARTS) is 1. The highest BCUT2D eigenvalue weighted by atomic mass is 32.2. The van der Waals surface area contributed by atoms with Gasteiger partial charge in [0.2, 0.25) is 5.95 Å². The first-order valence-corrected chi connectivity index (χ1v) is 15.3. The number of aromatic amines is 1. The van der Waals surface area contributed by atoms with Gasteiger partial charge >= 0.3 is 5.97 Å². The van der Waals surface area contributed by atoms with Crippen molar-refractivity contribution < 1.29 is 28.0 Å². The summed E-state index contributed by atoms with van der Waals surface area (Å²) in [6, 6.07) is 11.2. The molecule has 4 N–H and O–H groups in total. The number of nitrogens with zero attached hydrogens (tertiary/aromatic N) is 2. The summed E-state index contributed by atoms with van der Waals surface area (Å²) in [5.74, 6) is -1.000. The number of aliphatic carboxylic acids is 1. The molecule has 1 aliphatic carbocycles. The molecule has 1 aliphatic heterocycles. The molecule has 0 saturated heterocycles. The molecule has 41 heavy (non-hydrogen) atoms. The minimum Gasteiger partial charge on any atom is -0.480 e. The quantitative estimate of drug-likeness (QED) is 0.298. The third-order valence-electron chi connectivity index (χ3n) is 8.05. The Balaban J connectivity index is 1.14. The average molecular weight is 582 g/mol. The van der Waals surface area contributed by atoms with Gasteiger partial charge in [-0.25, -0.2) is 13.4 Å². The van der Waals surface area contributed by atoms with Crippen molar-refractivity contribution in [2.24, 2.45) is 11.1 Å². The first-order chi connectivity index (χ1) is 19.5. The summed E-state index contributed by atoms with van der Waals surface area (Å²) >= 11 is 0. The highest BCUT2D eigenvalue weighted by molar-refractivity contribution is 7.93. The number of carbonyl (C=O) groups excluding carboxylic acids is 1. The van der Waals surface area contributed by atoms with E-state index in [1.54, 1.807) is 26.0 Å². The molecule has 1 atom stereocenters. The van der Waals surface area contributed by atoms with Gasteiger partial charge in [0.25, 0.3) is 5.91 Å². The van der Waals surface area contributed by atoms with E-state index in [1.807, 2.05) is 31.2 Å². The molecule has 1 aromatic heterocycles. The smallest absolute Gasteiger partial charge is 0.324 e. The van der Waals surface area contributed by atoms with Crippen LogP contribution in [0.4, 0.5) is 5.95 Å². The fraction of sp³-hybridized carbons (Fsp3) is 0.448. The molecule has 1 fully saturated rings. The molecule has 2 heterocycles. The number of aryl methyl sites for hydroxylation is 3. The number of aromatic nitrogens is 2. The van der Waals surface area contributed by atoms with E-state index in [0.29, 0.717) is 23.5 Å². The van der Waals surface area contributed by atoms with Crippen LogP contribution in [0.3, 0.4) is 0 Å². The Morgan fingerprint density at radius 2 is 1.83 bits per heavy atom. The van der Waals surface area contributed by atoms with Crippen molar-refractivity contribution in [3.8, 4) is 0 Å². The van der Waals surface area contributed by atoms with Crippen molar-refractivity contribution in [3.05, 3.63) is 53.1 Å². The van der Waals surface area contributed by atoms with Crippen molar-refractivity contribution in [1.82, 2.24) is 15.3 Å². The van der Waals surface area contributed by atoms with E-state index in [-0.39, 0.29) is 10.6 Å². The van der Waals surface area contributed by atoms with Crippen molar-refractivity contribution in [1.29, 1.82) is 0 Å².